The molecule has 2 aliphatic rings. The first-order valence-corrected chi connectivity index (χ1v) is 6.62. The highest BCUT2D eigenvalue weighted by atomic mass is 16.3. The van der Waals surface area contributed by atoms with E-state index >= 15 is 0 Å². The summed E-state index contributed by atoms with van der Waals surface area (Å²) in [5, 5.41) is 9.62. The van der Waals surface area contributed by atoms with Crippen LogP contribution in [0.1, 0.15) is 47.0 Å². The van der Waals surface area contributed by atoms with Crippen LogP contribution in [-0.4, -0.2) is 23.3 Å². The van der Waals surface area contributed by atoms with E-state index in [1.54, 1.807) is 6.92 Å². The topological polar surface area (TPSA) is 54.4 Å². The number of hydrogen-bond donors (Lipinski definition) is 1. The maximum atomic E-state index is 12.1. The number of carbonyl (C=O) groups excluding carboxylic acids is 2. The normalized spacial score (nSPS) is 35.7. The summed E-state index contributed by atoms with van der Waals surface area (Å²) in [6.07, 6.45) is 1.73. The predicted molar refractivity (Wildman–Crippen MR) is 69.0 cm³/mol. The van der Waals surface area contributed by atoms with Crippen LogP contribution in [0.3, 0.4) is 0 Å². The maximum absolute atomic E-state index is 12.1. The van der Waals surface area contributed by atoms with E-state index in [1.807, 2.05) is 13.8 Å². The molecule has 3 heteroatoms. The molecule has 18 heavy (non-hydrogen) atoms. The number of Topliss-reactive ketones (excluding diaryl/α,β-unsaturated/α-hetero) is 2. The number of allylic oxidation sites excluding steroid dienone is 1. The van der Waals surface area contributed by atoms with E-state index in [9.17, 15) is 14.7 Å². The number of carbonyl (C=O) groups is 2. The maximum Gasteiger partial charge on any atom is 0.158 e. The molecule has 0 radical (unpaired) electrons. The molecule has 0 aliphatic heterocycles. The molecular weight excluding hydrogens is 228 g/mol. The fourth-order valence-corrected chi connectivity index (χ4v) is 3.94. The lowest BCUT2D eigenvalue weighted by Gasteiger charge is -2.53. The minimum absolute atomic E-state index is 0.0181. The Morgan fingerprint density at radius 3 is 2.44 bits per heavy atom. The number of aliphatic hydroxyl groups excluding tert-OH is 1. The average molecular weight is 250 g/mol. The molecule has 0 aromatic heterocycles. The summed E-state index contributed by atoms with van der Waals surface area (Å²) in [5.41, 5.74) is 0.888. The Morgan fingerprint density at radius 1 is 1.28 bits per heavy atom. The molecule has 1 fully saturated rings. The number of fused-ring (bicyclic) bond motifs is 1. The van der Waals surface area contributed by atoms with Gasteiger partial charge in [0, 0.05) is 18.3 Å². The van der Waals surface area contributed by atoms with Crippen molar-refractivity contribution in [3.05, 3.63) is 11.1 Å². The van der Waals surface area contributed by atoms with Gasteiger partial charge in [-0.2, -0.15) is 0 Å². The SMILES string of the molecule is CC1=C(CO)[C@@]2(C)CCC(=O)C(C)(C)[C@@H]2CC1=O. The van der Waals surface area contributed by atoms with Crippen molar-refractivity contribution in [3.63, 3.8) is 0 Å². The van der Waals surface area contributed by atoms with Gasteiger partial charge in [-0.3, -0.25) is 9.59 Å². The molecule has 100 valence electrons. The van der Waals surface area contributed by atoms with Crippen molar-refractivity contribution < 1.29 is 14.7 Å². The number of ketones is 2. The lowest BCUT2D eigenvalue weighted by atomic mass is 9.50. The van der Waals surface area contributed by atoms with Crippen LogP contribution in [0.4, 0.5) is 0 Å². The molecule has 0 spiro atoms. The first-order valence-electron chi connectivity index (χ1n) is 6.62. The molecule has 0 amide bonds. The molecule has 2 rings (SSSR count). The average Bonchev–Trinajstić information content (AvgIpc) is 2.30. The zero-order chi connectivity index (χ0) is 13.7. The van der Waals surface area contributed by atoms with Gasteiger partial charge in [0.15, 0.2) is 5.78 Å². The summed E-state index contributed by atoms with van der Waals surface area (Å²) >= 11 is 0. The van der Waals surface area contributed by atoms with E-state index in [4.69, 9.17) is 0 Å². The summed E-state index contributed by atoms with van der Waals surface area (Å²) in [6, 6.07) is 0. The van der Waals surface area contributed by atoms with Gasteiger partial charge in [0.25, 0.3) is 0 Å². The summed E-state index contributed by atoms with van der Waals surface area (Å²) < 4.78 is 0. The molecule has 2 aliphatic carbocycles. The van der Waals surface area contributed by atoms with Gasteiger partial charge >= 0.3 is 0 Å². The van der Waals surface area contributed by atoms with Crippen molar-refractivity contribution in [1.29, 1.82) is 0 Å². The number of hydrogen-bond acceptors (Lipinski definition) is 3. The molecule has 0 aromatic carbocycles. The van der Waals surface area contributed by atoms with Crippen molar-refractivity contribution in [3.8, 4) is 0 Å². The highest BCUT2D eigenvalue weighted by molar-refractivity contribution is 5.98. The highest BCUT2D eigenvalue weighted by Crippen LogP contribution is 2.57. The third-order valence-electron chi connectivity index (χ3n) is 5.34. The molecule has 0 aromatic rings. The van der Waals surface area contributed by atoms with E-state index in [0.717, 1.165) is 12.0 Å². The van der Waals surface area contributed by atoms with Crippen LogP contribution in [0.5, 0.6) is 0 Å². The molecule has 0 unspecified atom stereocenters. The minimum atomic E-state index is -0.468. The molecule has 3 nitrogen and oxygen atoms in total. The van der Waals surface area contributed by atoms with Crippen molar-refractivity contribution >= 4 is 11.6 Å². The van der Waals surface area contributed by atoms with Crippen molar-refractivity contribution in [2.45, 2.75) is 47.0 Å². The number of rotatable bonds is 1. The van der Waals surface area contributed by atoms with Gasteiger partial charge in [-0.05, 0) is 35.8 Å². The van der Waals surface area contributed by atoms with Crippen molar-refractivity contribution in [2.24, 2.45) is 16.7 Å². The Morgan fingerprint density at radius 2 is 1.89 bits per heavy atom. The smallest absolute Gasteiger partial charge is 0.158 e. The first-order chi connectivity index (χ1) is 8.25. The zero-order valence-electron chi connectivity index (χ0n) is 11.7. The van der Waals surface area contributed by atoms with E-state index < -0.39 is 5.41 Å². The Balaban J connectivity index is 2.57. The van der Waals surface area contributed by atoms with Crippen LogP contribution >= 0.6 is 0 Å². The van der Waals surface area contributed by atoms with Gasteiger partial charge in [0.1, 0.15) is 5.78 Å². The number of aliphatic hydroxyl groups is 1. The molecule has 0 bridgehead atoms. The standard InChI is InChI=1S/C15H22O3/c1-9-10(8-16)15(4)6-5-13(18)14(2,3)12(15)7-11(9)17/h12,16H,5-8H2,1-4H3/t12-,15+/m0/s1. The quantitative estimate of drug-likeness (QED) is 0.776. The third kappa shape index (κ3) is 1.60. The summed E-state index contributed by atoms with van der Waals surface area (Å²) in [7, 11) is 0. The van der Waals surface area contributed by atoms with Gasteiger partial charge < -0.3 is 5.11 Å². The highest BCUT2D eigenvalue weighted by Gasteiger charge is 2.55. The Kier molecular flexibility index (Phi) is 3.01. The van der Waals surface area contributed by atoms with Gasteiger partial charge in [0.05, 0.1) is 6.61 Å². The Bertz CT molecular complexity index is 445. The largest absolute Gasteiger partial charge is 0.392 e. The zero-order valence-corrected chi connectivity index (χ0v) is 11.7. The second-order valence-corrected chi connectivity index (χ2v) is 6.50. The second-order valence-electron chi connectivity index (χ2n) is 6.50. The van der Waals surface area contributed by atoms with Crippen LogP contribution in [0.25, 0.3) is 0 Å². The predicted octanol–water partition coefficient (Wildman–Crippen LogP) is 2.28. The third-order valence-corrected chi connectivity index (χ3v) is 5.34. The van der Waals surface area contributed by atoms with Crippen LogP contribution < -0.4 is 0 Å². The summed E-state index contributed by atoms with van der Waals surface area (Å²) in [6.45, 7) is 7.72. The second kappa shape index (κ2) is 4.02. The van der Waals surface area contributed by atoms with Gasteiger partial charge in [-0.15, -0.1) is 0 Å². The van der Waals surface area contributed by atoms with Crippen molar-refractivity contribution in [2.75, 3.05) is 6.61 Å². The molecular formula is C15H22O3. The molecule has 0 heterocycles. The lowest BCUT2D eigenvalue weighted by Crippen LogP contribution is -2.52. The molecule has 1 N–H and O–H groups in total. The summed E-state index contributed by atoms with van der Waals surface area (Å²) in [4.78, 5) is 24.2. The fraction of sp³-hybridized carbons (Fsp3) is 0.733. The van der Waals surface area contributed by atoms with Crippen molar-refractivity contribution in [1.82, 2.24) is 0 Å². The van der Waals surface area contributed by atoms with Crippen LogP contribution in [0, 0.1) is 16.7 Å². The monoisotopic (exact) mass is 250 g/mol. The van der Waals surface area contributed by atoms with E-state index in [1.165, 1.54) is 0 Å². The Labute approximate surface area is 108 Å². The summed E-state index contributed by atoms with van der Waals surface area (Å²) in [5.74, 6) is 0.350. The minimum Gasteiger partial charge on any atom is -0.392 e. The van der Waals surface area contributed by atoms with E-state index in [-0.39, 0.29) is 29.5 Å². The first kappa shape index (κ1) is 13.5. The van der Waals surface area contributed by atoms with Crippen LogP contribution in [0.15, 0.2) is 11.1 Å². The molecule has 1 saturated carbocycles. The van der Waals surface area contributed by atoms with Gasteiger partial charge in [0.2, 0.25) is 0 Å². The Hall–Kier alpha value is -0.960. The van der Waals surface area contributed by atoms with Gasteiger partial charge in [-0.25, -0.2) is 0 Å². The fourth-order valence-electron chi connectivity index (χ4n) is 3.94. The van der Waals surface area contributed by atoms with Gasteiger partial charge in [-0.1, -0.05) is 20.8 Å². The van der Waals surface area contributed by atoms with Crippen LogP contribution in [0.2, 0.25) is 0 Å². The molecule has 0 saturated heterocycles. The molecule has 2 atom stereocenters. The van der Waals surface area contributed by atoms with E-state index in [2.05, 4.69) is 6.92 Å². The van der Waals surface area contributed by atoms with Crippen LogP contribution in [-0.2, 0) is 9.59 Å². The lowest BCUT2D eigenvalue weighted by molar-refractivity contribution is -0.141. The van der Waals surface area contributed by atoms with E-state index in [0.29, 0.717) is 18.4 Å².